The Balaban J connectivity index is 1.51. The number of aryl methyl sites for hydroxylation is 1. The summed E-state index contributed by atoms with van der Waals surface area (Å²) < 4.78 is 18.8. The molecular formula is C19H23FN6O. The van der Waals surface area contributed by atoms with Crippen molar-refractivity contribution in [2.45, 2.75) is 19.4 Å². The zero-order chi connectivity index (χ0) is 18.8. The van der Waals surface area contributed by atoms with Crippen LogP contribution in [-0.4, -0.2) is 57.2 Å². The van der Waals surface area contributed by atoms with E-state index in [1.165, 1.54) is 0 Å². The summed E-state index contributed by atoms with van der Waals surface area (Å²) in [6.45, 7) is 3.61. The average Bonchev–Trinajstić information content (AvgIpc) is 3.41. The number of alkyl halides is 1. The number of hydrogen-bond acceptors (Lipinski definition) is 5. The quantitative estimate of drug-likeness (QED) is 0.697. The second-order valence-electron chi connectivity index (χ2n) is 6.99. The Bertz CT molecular complexity index is 890. The summed E-state index contributed by atoms with van der Waals surface area (Å²) >= 11 is 0. The van der Waals surface area contributed by atoms with Crippen LogP contribution in [0.3, 0.4) is 0 Å². The van der Waals surface area contributed by atoms with Crippen molar-refractivity contribution >= 4 is 0 Å². The van der Waals surface area contributed by atoms with E-state index >= 15 is 0 Å². The zero-order valence-electron chi connectivity index (χ0n) is 15.4. The van der Waals surface area contributed by atoms with Gasteiger partial charge in [0.05, 0.1) is 25.7 Å². The summed E-state index contributed by atoms with van der Waals surface area (Å²) in [7, 11) is 1.65. The molecule has 0 unspecified atom stereocenters. The Morgan fingerprint density at radius 3 is 2.70 bits per heavy atom. The van der Waals surface area contributed by atoms with E-state index in [0.717, 1.165) is 34.9 Å². The Morgan fingerprint density at radius 2 is 2.04 bits per heavy atom. The van der Waals surface area contributed by atoms with Crippen LogP contribution < -0.4 is 4.74 Å². The molecule has 4 rings (SSSR count). The number of nitrogens with one attached hydrogen (secondary N) is 2. The van der Waals surface area contributed by atoms with Gasteiger partial charge in [-0.25, -0.2) is 4.98 Å². The number of H-pyrrole nitrogens is 2. The molecular weight excluding hydrogens is 347 g/mol. The summed E-state index contributed by atoms with van der Waals surface area (Å²) in [6.07, 6.45) is 1.84. The SMILES string of the molecule is COc1ccc(-c2[nH]ncc2CN2C[C@@H](CF)[C@H](c3n[nH]c(C)n3)C2)cc1. The van der Waals surface area contributed by atoms with Crippen molar-refractivity contribution in [1.82, 2.24) is 30.3 Å². The highest BCUT2D eigenvalue weighted by Crippen LogP contribution is 2.33. The number of aromatic amines is 2. The largest absolute Gasteiger partial charge is 0.497 e. The number of likely N-dealkylation sites (tertiary alicyclic amines) is 1. The highest BCUT2D eigenvalue weighted by molar-refractivity contribution is 5.63. The molecule has 8 heteroatoms. The van der Waals surface area contributed by atoms with Gasteiger partial charge in [0.2, 0.25) is 0 Å². The van der Waals surface area contributed by atoms with Crippen LogP contribution in [0.4, 0.5) is 4.39 Å². The standard InChI is InChI=1S/C19H23FN6O/c1-12-22-19(25-23-12)17-11-26(9-14(17)7-20)10-15-8-21-24-18(15)13-3-5-16(27-2)6-4-13/h3-6,8,14,17H,7,9-11H2,1-2H3,(H,21,24)(H,22,23,25)/t14-,17-/m1/s1. The fraction of sp³-hybridized carbons (Fsp3) is 0.421. The van der Waals surface area contributed by atoms with Crippen LogP contribution in [0, 0.1) is 12.8 Å². The van der Waals surface area contributed by atoms with Crippen molar-refractivity contribution in [3.63, 3.8) is 0 Å². The molecule has 0 bridgehead atoms. The third-order valence-corrected chi connectivity index (χ3v) is 5.15. The van der Waals surface area contributed by atoms with Crippen molar-refractivity contribution in [3.05, 3.63) is 47.7 Å². The molecule has 1 aromatic carbocycles. The normalized spacial score (nSPS) is 20.3. The van der Waals surface area contributed by atoms with E-state index in [2.05, 4.69) is 30.3 Å². The molecule has 27 heavy (non-hydrogen) atoms. The van der Waals surface area contributed by atoms with Crippen LogP contribution in [0.2, 0.25) is 0 Å². The van der Waals surface area contributed by atoms with Crippen LogP contribution in [-0.2, 0) is 6.54 Å². The van der Waals surface area contributed by atoms with Crippen molar-refractivity contribution in [2.24, 2.45) is 5.92 Å². The van der Waals surface area contributed by atoms with E-state index in [4.69, 9.17) is 4.74 Å². The minimum atomic E-state index is -0.370. The summed E-state index contributed by atoms with van der Waals surface area (Å²) in [4.78, 5) is 6.66. The Hall–Kier alpha value is -2.74. The number of rotatable bonds is 6. The number of halogens is 1. The first kappa shape index (κ1) is 17.7. The summed E-state index contributed by atoms with van der Waals surface area (Å²) in [5.74, 6) is 2.21. The second kappa shape index (κ2) is 7.48. The van der Waals surface area contributed by atoms with E-state index in [-0.39, 0.29) is 18.5 Å². The van der Waals surface area contributed by atoms with Crippen LogP contribution in [0.1, 0.15) is 23.1 Å². The summed E-state index contributed by atoms with van der Waals surface area (Å²) in [5, 5.41) is 14.4. The zero-order valence-corrected chi connectivity index (χ0v) is 15.4. The van der Waals surface area contributed by atoms with Crippen LogP contribution >= 0.6 is 0 Å². The molecule has 2 N–H and O–H groups in total. The molecule has 0 radical (unpaired) electrons. The minimum Gasteiger partial charge on any atom is -0.497 e. The molecule has 0 amide bonds. The molecule has 142 valence electrons. The summed E-state index contributed by atoms with van der Waals surface area (Å²) in [5.41, 5.74) is 3.11. The van der Waals surface area contributed by atoms with Gasteiger partial charge in [0, 0.05) is 42.6 Å². The van der Waals surface area contributed by atoms with E-state index < -0.39 is 0 Å². The molecule has 1 aliphatic heterocycles. The molecule has 7 nitrogen and oxygen atoms in total. The first-order chi connectivity index (χ1) is 13.2. The third kappa shape index (κ3) is 3.57. The Labute approximate surface area is 157 Å². The van der Waals surface area contributed by atoms with Gasteiger partial charge in [0.15, 0.2) is 5.82 Å². The molecule has 3 heterocycles. The fourth-order valence-corrected chi connectivity index (χ4v) is 3.74. The molecule has 1 aliphatic rings. The van der Waals surface area contributed by atoms with Gasteiger partial charge < -0.3 is 4.74 Å². The lowest BCUT2D eigenvalue weighted by atomic mass is 9.97. The average molecular weight is 370 g/mol. The lowest BCUT2D eigenvalue weighted by Gasteiger charge is -2.15. The lowest BCUT2D eigenvalue weighted by Crippen LogP contribution is -2.20. The molecule has 1 fully saturated rings. The maximum Gasteiger partial charge on any atom is 0.155 e. The summed E-state index contributed by atoms with van der Waals surface area (Å²) in [6, 6.07) is 7.86. The van der Waals surface area contributed by atoms with E-state index in [0.29, 0.717) is 18.9 Å². The van der Waals surface area contributed by atoms with E-state index in [9.17, 15) is 4.39 Å². The highest BCUT2D eigenvalue weighted by Gasteiger charge is 2.36. The van der Waals surface area contributed by atoms with E-state index in [1.807, 2.05) is 37.4 Å². The molecule has 2 atom stereocenters. The van der Waals surface area contributed by atoms with Crippen LogP contribution in [0.25, 0.3) is 11.3 Å². The van der Waals surface area contributed by atoms with Crippen LogP contribution in [0.15, 0.2) is 30.5 Å². The van der Waals surface area contributed by atoms with Gasteiger partial charge >= 0.3 is 0 Å². The van der Waals surface area contributed by atoms with E-state index in [1.54, 1.807) is 7.11 Å². The predicted molar refractivity (Wildman–Crippen MR) is 99.2 cm³/mol. The number of ether oxygens (including phenoxy) is 1. The maximum atomic E-state index is 13.6. The monoisotopic (exact) mass is 370 g/mol. The smallest absolute Gasteiger partial charge is 0.155 e. The van der Waals surface area contributed by atoms with Gasteiger partial charge in [0.1, 0.15) is 11.6 Å². The molecule has 0 spiro atoms. The van der Waals surface area contributed by atoms with Crippen molar-refractivity contribution in [1.29, 1.82) is 0 Å². The molecule has 0 aliphatic carbocycles. The highest BCUT2D eigenvalue weighted by atomic mass is 19.1. The number of benzene rings is 1. The lowest BCUT2D eigenvalue weighted by molar-refractivity contribution is 0.296. The fourth-order valence-electron chi connectivity index (χ4n) is 3.74. The van der Waals surface area contributed by atoms with Gasteiger partial charge in [-0.2, -0.15) is 10.2 Å². The van der Waals surface area contributed by atoms with Gasteiger partial charge in [-0.1, -0.05) is 0 Å². The van der Waals surface area contributed by atoms with Crippen molar-refractivity contribution < 1.29 is 9.13 Å². The van der Waals surface area contributed by atoms with Crippen LogP contribution in [0.5, 0.6) is 5.75 Å². The van der Waals surface area contributed by atoms with Crippen molar-refractivity contribution in [2.75, 3.05) is 26.9 Å². The molecule has 3 aromatic rings. The number of methoxy groups -OCH3 is 1. The first-order valence-electron chi connectivity index (χ1n) is 9.01. The topological polar surface area (TPSA) is 82.7 Å². The van der Waals surface area contributed by atoms with Gasteiger partial charge in [-0.3, -0.25) is 19.5 Å². The first-order valence-corrected chi connectivity index (χ1v) is 9.01. The van der Waals surface area contributed by atoms with Gasteiger partial charge in [-0.05, 0) is 31.2 Å². The number of aromatic nitrogens is 5. The van der Waals surface area contributed by atoms with Gasteiger partial charge in [0.25, 0.3) is 0 Å². The molecule has 1 saturated heterocycles. The van der Waals surface area contributed by atoms with Crippen molar-refractivity contribution in [3.8, 4) is 17.0 Å². The maximum absolute atomic E-state index is 13.6. The Morgan fingerprint density at radius 1 is 1.22 bits per heavy atom. The Kier molecular flexibility index (Phi) is 4.89. The number of nitrogens with zero attached hydrogens (tertiary/aromatic N) is 4. The minimum absolute atomic E-state index is 0.0105. The van der Waals surface area contributed by atoms with Gasteiger partial charge in [-0.15, -0.1) is 0 Å². The predicted octanol–water partition coefficient (Wildman–Crippen LogP) is 2.70. The third-order valence-electron chi connectivity index (χ3n) is 5.15. The molecule has 2 aromatic heterocycles. The second-order valence-corrected chi connectivity index (χ2v) is 6.99. The molecule has 0 saturated carbocycles. The number of hydrogen-bond donors (Lipinski definition) is 2.